The number of aromatic nitrogens is 2. The summed E-state index contributed by atoms with van der Waals surface area (Å²) in [6.45, 7) is 1.18. The highest BCUT2D eigenvalue weighted by atomic mass is 16.4. The second kappa shape index (κ2) is 8.51. The molecule has 0 bridgehead atoms. The molecule has 0 radical (unpaired) electrons. The average molecular weight is 326 g/mol. The fourth-order valence-corrected chi connectivity index (χ4v) is 1.87. The van der Waals surface area contributed by atoms with Gasteiger partial charge in [-0.05, 0) is 6.42 Å². The molecule has 2 unspecified atom stereocenters. The molecule has 1 rings (SSSR count). The molecular weight excluding hydrogens is 308 g/mol. The molecule has 0 aromatic carbocycles. The Bertz CT molecular complexity index is 571. The van der Waals surface area contributed by atoms with Gasteiger partial charge in [-0.25, -0.2) is 9.78 Å². The molecule has 2 amide bonds. The van der Waals surface area contributed by atoms with Gasteiger partial charge in [-0.1, -0.05) is 0 Å². The zero-order valence-electron chi connectivity index (χ0n) is 12.4. The minimum Gasteiger partial charge on any atom is -0.481 e. The van der Waals surface area contributed by atoms with Crippen molar-refractivity contribution in [2.45, 2.75) is 38.3 Å². The van der Waals surface area contributed by atoms with Crippen LogP contribution in [0.1, 0.15) is 25.5 Å². The van der Waals surface area contributed by atoms with E-state index in [0.29, 0.717) is 5.69 Å². The van der Waals surface area contributed by atoms with Gasteiger partial charge in [0.1, 0.15) is 12.1 Å². The predicted octanol–water partition coefficient (Wildman–Crippen LogP) is -1.11. The maximum Gasteiger partial charge on any atom is 0.326 e. The topological polar surface area (TPSA) is 161 Å². The molecule has 5 N–H and O–H groups in total. The summed E-state index contributed by atoms with van der Waals surface area (Å²) in [6, 6.07) is -2.36. The maximum atomic E-state index is 12.1. The lowest BCUT2D eigenvalue weighted by molar-refractivity contribution is -0.142. The van der Waals surface area contributed by atoms with Crippen LogP contribution in [0, 0.1) is 0 Å². The fraction of sp³-hybridized carbons (Fsp3) is 0.462. The van der Waals surface area contributed by atoms with Gasteiger partial charge in [0.25, 0.3) is 0 Å². The Morgan fingerprint density at radius 1 is 1.22 bits per heavy atom. The molecular formula is C13H18N4O6. The van der Waals surface area contributed by atoms with Crippen molar-refractivity contribution < 1.29 is 29.4 Å². The Morgan fingerprint density at radius 2 is 1.91 bits per heavy atom. The largest absolute Gasteiger partial charge is 0.481 e. The highest BCUT2D eigenvalue weighted by Gasteiger charge is 2.27. The van der Waals surface area contributed by atoms with Crippen LogP contribution >= 0.6 is 0 Å². The van der Waals surface area contributed by atoms with E-state index in [9.17, 15) is 19.2 Å². The molecule has 0 spiro atoms. The number of amides is 2. The number of carboxylic acid groups (broad SMARTS) is 2. The maximum absolute atomic E-state index is 12.1. The summed E-state index contributed by atoms with van der Waals surface area (Å²) in [5.74, 6) is -3.67. The summed E-state index contributed by atoms with van der Waals surface area (Å²) in [5.41, 5.74) is 0.444. The van der Waals surface area contributed by atoms with E-state index >= 15 is 0 Å². The number of hydrogen-bond donors (Lipinski definition) is 5. The molecule has 0 saturated heterocycles. The molecule has 1 heterocycles. The smallest absolute Gasteiger partial charge is 0.326 e. The molecule has 126 valence electrons. The van der Waals surface area contributed by atoms with Crippen molar-refractivity contribution in [3.8, 4) is 0 Å². The summed E-state index contributed by atoms with van der Waals surface area (Å²) in [4.78, 5) is 51.6. The standard InChI is InChI=1S/C13H18N4O6/c1-7(18)16-9(2-3-11(19)20)12(21)17-10(13(22)23)4-8-5-14-6-15-8/h5-6,9-10H,2-4H2,1H3,(H,14,15)(H,16,18)(H,17,21)(H,19,20)(H,22,23). The van der Waals surface area contributed by atoms with Crippen LogP contribution in [0.5, 0.6) is 0 Å². The van der Waals surface area contributed by atoms with E-state index in [2.05, 4.69) is 20.6 Å². The van der Waals surface area contributed by atoms with Crippen LogP contribution in [0.2, 0.25) is 0 Å². The van der Waals surface area contributed by atoms with Crippen molar-refractivity contribution in [2.75, 3.05) is 0 Å². The average Bonchev–Trinajstić information content (AvgIpc) is 2.94. The Morgan fingerprint density at radius 3 is 2.39 bits per heavy atom. The Labute approximate surface area is 131 Å². The molecule has 10 heteroatoms. The lowest BCUT2D eigenvalue weighted by atomic mass is 10.1. The monoisotopic (exact) mass is 326 g/mol. The predicted molar refractivity (Wildman–Crippen MR) is 76.3 cm³/mol. The molecule has 0 aliphatic rings. The van der Waals surface area contributed by atoms with Crippen LogP contribution in [-0.2, 0) is 25.6 Å². The summed E-state index contributed by atoms with van der Waals surface area (Å²) >= 11 is 0. The van der Waals surface area contributed by atoms with Gasteiger partial charge in [0.15, 0.2) is 0 Å². The van der Waals surface area contributed by atoms with Gasteiger partial charge in [-0.2, -0.15) is 0 Å². The van der Waals surface area contributed by atoms with Gasteiger partial charge in [0.05, 0.1) is 12.0 Å². The zero-order valence-corrected chi connectivity index (χ0v) is 12.4. The molecule has 2 atom stereocenters. The highest BCUT2D eigenvalue weighted by molar-refractivity contribution is 5.90. The zero-order chi connectivity index (χ0) is 17.4. The van der Waals surface area contributed by atoms with Crippen LogP contribution in [0.25, 0.3) is 0 Å². The summed E-state index contributed by atoms with van der Waals surface area (Å²) in [5, 5.41) is 22.4. The van der Waals surface area contributed by atoms with E-state index in [1.165, 1.54) is 19.4 Å². The fourth-order valence-electron chi connectivity index (χ4n) is 1.87. The molecule has 0 saturated carbocycles. The van der Waals surface area contributed by atoms with Crippen LogP contribution in [0.4, 0.5) is 0 Å². The summed E-state index contributed by atoms with van der Waals surface area (Å²) < 4.78 is 0. The summed E-state index contributed by atoms with van der Waals surface area (Å²) in [7, 11) is 0. The van der Waals surface area contributed by atoms with Crippen molar-refractivity contribution >= 4 is 23.8 Å². The number of carbonyl (C=O) groups is 4. The van der Waals surface area contributed by atoms with Crippen molar-refractivity contribution in [1.82, 2.24) is 20.6 Å². The third-order valence-corrected chi connectivity index (χ3v) is 2.92. The van der Waals surface area contributed by atoms with E-state index in [1.807, 2.05) is 0 Å². The second-order valence-electron chi connectivity index (χ2n) is 4.85. The number of carboxylic acids is 2. The van der Waals surface area contributed by atoms with Gasteiger partial charge < -0.3 is 25.8 Å². The van der Waals surface area contributed by atoms with Crippen LogP contribution < -0.4 is 10.6 Å². The van der Waals surface area contributed by atoms with Gasteiger partial charge >= 0.3 is 11.9 Å². The molecule has 0 aliphatic heterocycles. The molecule has 0 fully saturated rings. The van der Waals surface area contributed by atoms with Gasteiger partial charge in [0, 0.05) is 26.0 Å². The minimum absolute atomic E-state index is 0.0453. The van der Waals surface area contributed by atoms with E-state index in [0.717, 1.165) is 0 Å². The second-order valence-corrected chi connectivity index (χ2v) is 4.85. The van der Waals surface area contributed by atoms with Gasteiger partial charge in [-0.15, -0.1) is 0 Å². The number of nitrogens with zero attached hydrogens (tertiary/aromatic N) is 1. The number of hydrogen-bond acceptors (Lipinski definition) is 5. The normalized spacial score (nSPS) is 12.9. The molecule has 0 aliphatic carbocycles. The van der Waals surface area contributed by atoms with Crippen LogP contribution in [0.3, 0.4) is 0 Å². The van der Waals surface area contributed by atoms with Crippen LogP contribution in [0.15, 0.2) is 12.5 Å². The number of H-pyrrole nitrogens is 1. The quantitative estimate of drug-likeness (QED) is 0.384. The summed E-state index contributed by atoms with van der Waals surface area (Å²) in [6.07, 6.45) is 2.35. The Balaban J connectivity index is 2.73. The van der Waals surface area contributed by atoms with Crippen molar-refractivity contribution in [2.24, 2.45) is 0 Å². The number of aliphatic carboxylic acids is 2. The van der Waals surface area contributed by atoms with E-state index in [-0.39, 0.29) is 19.3 Å². The third kappa shape index (κ3) is 6.59. The number of imidazole rings is 1. The van der Waals surface area contributed by atoms with Crippen molar-refractivity contribution in [3.05, 3.63) is 18.2 Å². The lowest BCUT2D eigenvalue weighted by Gasteiger charge is -2.20. The first kappa shape index (κ1) is 18.1. The third-order valence-electron chi connectivity index (χ3n) is 2.92. The number of aromatic amines is 1. The van der Waals surface area contributed by atoms with Crippen molar-refractivity contribution in [3.63, 3.8) is 0 Å². The minimum atomic E-state index is -1.26. The SMILES string of the molecule is CC(=O)NC(CCC(=O)O)C(=O)NC(Cc1c[nH]cn1)C(=O)O. The number of nitrogens with one attached hydrogen (secondary N) is 3. The number of carbonyl (C=O) groups excluding carboxylic acids is 2. The molecule has 23 heavy (non-hydrogen) atoms. The first-order chi connectivity index (χ1) is 10.8. The van der Waals surface area contributed by atoms with E-state index in [1.54, 1.807) is 0 Å². The van der Waals surface area contributed by atoms with Crippen molar-refractivity contribution in [1.29, 1.82) is 0 Å². The van der Waals surface area contributed by atoms with E-state index in [4.69, 9.17) is 10.2 Å². The molecule has 1 aromatic rings. The lowest BCUT2D eigenvalue weighted by Crippen LogP contribution is -2.52. The molecule has 10 nitrogen and oxygen atoms in total. The first-order valence-electron chi connectivity index (χ1n) is 6.79. The molecule has 1 aromatic heterocycles. The van der Waals surface area contributed by atoms with Gasteiger partial charge in [0.2, 0.25) is 11.8 Å². The van der Waals surface area contributed by atoms with Gasteiger partial charge in [-0.3, -0.25) is 14.4 Å². The number of rotatable bonds is 9. The van der Waals surface area contributed by atoms with E-state index < -0.39 is 35.8 Å². The Hall–Kier alpha value is -2.91. The van der Waals surface area contributed by atoms with Crippen LogP contribution in [-0.4, -0.2) is 56.0 Å². The Kier molecular flexibility index (Phi) is 6.71. The highest BCUT2D eigenvalue weighted by Crippen LogP contribution is 2.03. The first-order valence-corrected chi connectivity index (χ1v) is 6.79.